The molecule has 1 unspecified atom stereocenters. The molecule has 21 heavy (non-hydrogen) atoms. The number of thiocarbonyl (C=S) groups is 1. The van der Waals surface area contributed by atoms with Crippen LogP contribution in [0.4, 0.5) is 0 Å². The third-order valence-electron chi connectivity index (χ3n) is 3.78. The van der Waals surface area contributed by atoms with Crippen LogP contribution < -0.4 is 10.5 Å². The van der Waals surface area contributed by atoms with Crippen molar-refractivity contribution < 1.29 is 9.15 Å². The van der Waals surface area contributed by atoms with Crippen molar-refractivity contribution in [3.05, 3.63) is 30.0 Å². The molecule has 0 saturated heterocycles. The molecule has 0 radical (unpaired) electrons. The Hall–Kier alpha value is -1.55. The van der Waals surface area contributed by atoms with Crippen LogP contribution in [0.5, 0.6) is 5.75 Å². The minimum atomic E-state index is 0.239. The van der Waals surface area contributed by atoms with Gasteiger partial charge in [0.1, 0.15) is 10.6 Å². The lowest BCUT2D eigenvalue weighted by molar-refractivity contribution is 0.233. The van der Waals surface area contributed by atoms with Crippen LogP contribution in [-0.2, 0) is 0 Å². The Balaban J connectivity index is 2.20. The summed E-state index contributed by atoms with van der Waals surface area (Å²) in [4.78, 5) is 0.239. The molecule has 0 spiro atoms. The lowest BCUT2D eigenvalue weighted by atomic mass is 10.0. The smallest absolute Gasteiger partial charge is 0.204 e. The van der Waals surface area contributed by atoms with Gasteiger partial charge in [-0.3, -0.25) is 0 Å². The lowest BCUT2D eigenvalue weighted by Gasteiger charge is -2.15. The molecule has 0 bridgehead atoms. The topological polar surface area (TPSA) is 48.4 Å². The molecule has 4 heteroatoms. The fraction of sp³-hybridized carbons (Fsp3) is 0.471. The molecule has 2 rings (SSSR count). The zero-order valence-corrected chi connectivity index (χ0v) is 13.5. The van der Waals surface area contributed by atoms with Gasteiger partial charge in [-0.15, -0.1) is 0 Å². The average molecular weight is 305 g/mol. The first-order chi connectivity index (χ1) is 10.2. The van der Waals surface area contributed by atoms with E-state index < -0.39 is 0 Å². The van der Waals surface area contributed by atoms with Crippen LogP contribution in [0.25, 0.3) is 11.0 Å². The van der Waals surface area contributed by atoms with Gasteiger partial charge in [-0.2, -0.15) is 0 Å². The fourth-order valence-corrected chi connectivity index (χ4v) is 2.56. The SMILES string of the molecule is CCCCC(CC)COc1c(C(N)=S)oc2ccccc12. The van der Waals surface area contributed by atoms with E-state index in [2.05, 4.69) is 13.8 Å². The highest BCUT2D eigenvalue weighted by molar-refractivity contribution is 7.80. The molecular formula is C17H23NO2S. The molecule has 1 atom stereocenters. The van der Waals surface area contributed by atoms with E-state index in [1.54, 1.807) is 0 Å². The van der Waals surface area contributed by atoms with Gasteiger partial charge < -0.3 is 14.9 Å². The molecule has 0 fully saturated rings. The van der Waals surface area contributed by atoms with E-state index in [0.717, 1.165) is 17.4 Å². The maximum atomic E-state index is 6.04. The maximum absolute atomic E-state index is 6.04. The summed E-state index contributed by atoms with van der Waals surface area (Å²) in [5, 5.41) is 0.936. The standard InChI is InChI=1S/C17H23NO2S/c1-3-5-8-12(4-2)11-19-15-13-9-6-7-10-14(13)20-16(15)17(18)21/h6-7,9-10,12H,3-5,8,11H2,1-2H3,(H2,18,21). The van der Waals surface area contributed by atoms with Gasteiger partial charge in [-0.25, -0.2) is 0 Å². The normalized spacial score (nSPS) is 12.5. The van der Waals surface area contributed by atoms with Crippen molar-refractivity contribution >= 4 is 28.2 Å². The van der Waals surface area contributed by atoms with E-state index in [0.29, 0.717) is 24.0 Å². The first-order valence-electron chi connectivity index (χ1n) is 7.61. The number of ether oxygens (including phenoxy) is 1. The van der Waals surface area contributed by atoms with Crippen LogP contribution in [0.1, 0.15) is 45.3 Å². The number of nitrogens with two attached hydrogens (primary N) is 1. The summed E-state index contributed by atoms with van der Waals surface area (Å²) in [5.74, 6) is 1.72. The Morgan fingerprint density at radius 2 is 2.10 bits per heavy atom. The molecule has 0 saturated carbocycles. The largest absolute Gasteiger partial charge is 0.488 e. The second-order valence-electron chi connectivity index (χ2n) is 5.35. The van der Waals surface area contributed by atoms with Gasteiger partial charge in [-0.1, -0.05) is 57.5 Å². The predicted octanol–water partition coefficient (Wildman–Crippen LogP) is 4.66. The monoisotopic (exact) mass is 305 g/mol. The molecule has 0 amide bonds. The fourth-order valence-electron chi connectivity index (χ4n) is 2.43. The Morgan fingerprint density at radius 1 is 1.33 bits per heavy atom. The third-order valence-corrected chi connectivity index (χ3v) is 3.97. The number of rotatable bonds is 8. The zero-order chi connectivity index (χ0) is 15.2. The number of para-hydroxylation sites is 1. The second-order valence-corrected chi connectivity index (χ2v) is 5.79. The molecule has 1 heterocycles. The second kappa shape index (κ2) is 7.46. The van der Waals surface area contributed by atoms with Crippen LogP contribution in [0.2, 0.25) is 0 Å². The molecule has 3 nitrogen and oxygen atoms in total. The summed E-state index contributed by atoms with van der Waals surface area (Å²) in [5.41, 5.74) is 6.52. The van der Waals surface area contributed by atoms with Crippen LogP contribution in [-0.4, -0.2) is 11.6 Å². The maximum Gasteiger partial charge on any atom is 0.204 e. The van der Waals surface area contributed by atoms with Crippen LogP contribution in [0.15, 0.2) is 28.7 Å². The van der Waals surface area contributed by atoms with Gasteiger partial charge >= 0.3 is 0 Å². The van der Waals surface area contributed by atoms with Crippen molar-refractivity contribution in [3.63, 3.8) is 0 Å². The van der Waals surface area contributed by atoms with Gasteiger partial charge in [0, 0.05) is 0 Å². The van der Waals surface area contributed by atoms with Gasteiger partial charge in [0.25, 0.3) is 0 Å². The van der Waals surface area contributed by atoms with Crippen molar-refractivity contribution in [2.45, 2.75) is 39.5 Å². The molecule has 2 aromatic rings. The first kappa shape index (κ1) is 15.8. The van der Waals surface area contributed by atoms with E-state index in [4.69, 9.17) is 27.1 Å². The molecular weight excluding hydrogens is 282 g/mol. The highest BCUT2D eigenvalue weighted by atomic mass is 32.1. The quantitative estimate of drug-likeness (QED) is 0.720. The number of unbranched alkanes of at least 4 members (excludes halogenated alkanes) is 1. The summed E-state index contributed by atoms with van der Waals surface area (Å²) >= 11 is 5.07. The van der Waals surface area contributed by atoms with Crippen LogP contribution >= 0.6 is 12.2 Å². The lowest BCUT2D eigenvalue weighted by Crippen LogP contribution is -2.14. The number of fused-ring (bicyclic) bond motifs is 1. The van der Waals surface area contributed by atoms with Crippen LogP contribution in [0, 0.1) is 5.92 Å². The zero-order valence-electron chi connectivity index (χ0n) is 12.7. The summed E-state index contributed by atoms with van der Waals surface area (Å²) in [7, 11) is 0. The third kappa shape index (κ3) is 3.76. The molecule has 2 N–H and O–H groups in total. The van der Waals surface area contributed by atoms with E-state index in [-0.39, 0.29) is 4.99 Å². The Bertz CT molecular complexity index is 606. The van der Waals surface area contributed by atoms with Gasteiger partial charge in [0.05, 0.1) is 12.0 Å². The van der Waals surface area contributed by atoms with E-state index >= 15 is 0 Å². The average Bonchev–Trinajstić information content (AvgIpc) is 2.86. The Kier molecular flexibility index (Phi) is 5.62. The Morgan fingerprint density at radius 3 is 2.76 bits per heavy atom. The van der Waals surface area contributed by atoms with Gasteiger partial charge in [0.15, 0.2) is 5.75 Å². The van der Waals surface area contributed by atoms with Crippen molar-refractivity contribution in [3.8, 4) is 5.75 Å². The van der Waals surface area contributed by atoms with Crippen molar-refractivity contribution in [1.82, 2.24) is 0 Å². The van der Waals surface area contributed by atoms with Crippen molar-refractivity contribution in [2.24, 2.45) is 11.7 Å². The predicted molar refractivity (Wildman–Crippen MR) is 90.9 cm³/mol. The first-order valence-corrected chi connectivity index (χ1v) is 8.02. The van der Waals surface area contributed by atoms with E-state index in [1.807, 2.05) is 24.3 Å². The number of hydrogen-bond donors (Lipinski definition) is 1. The number of benzene rings is 1. The van der Waals surface area contributed by atoms with Crippen molar-refractivity contribution in [2.75, 3.05) is 6.61 Å². The summed E-state index contributed by atoms with van der Waals surface area (Å²) in [6.45, 7) is 5.09. The molecule has 1 aromatic heterocycles. The number of furan rings is 1. The van der Waals surface area contributed by atoms with Gasteiger partial charge in [0.2, 0.25) is 5.76 Å². The number of hydrogen-bond acceptors (Lipinski definition) is 3. The summed E-state index contributed by atoms with van der Waals surface area (Å²) in [6, 6.07) is 7.76. The summed E-state index contributed by atoms with van der Waals surface area (Å²) in [6.07, 6.45) is 4.74. The highest BCUT2D eigenvalue weighted by Gasteiger charge is 2.18. The highest BCUT2D eigenvalue weighted by Crippen LogP contribution is 2.33. The van der Waals surface area contributed by atoms with Crippen LogP contribution in [0.3, 0.4) is 0 Å². The van der Waals surface area contributed by atoms with E-state index in [9.17, 15) is 0 Å². The Labute approximate surface area is 131 Å². The molecule has 0 aliphatic carbocycles. The molecule has 1 aromatic carbocycles. The minimum Gasteiger partial charge on any atom is -0.488 e. The van der Waals surface area contributed by atoms with Crippen molar-refractivity contribution in [1.29, 1.82) is 0 Å². The molecule has 114 valence electrons. The molecule has 0 aliphatic heterocycles. The molecule has 0 aliphatic rings. The minimum absolute atomic E-state index is 0.239. The van der Waals surface area contributed by atoms with E-state index in [1.165, 1.54) is 19.3 Å². The summed E-state index contributed by atoms with van der Waals surface area (Å²) < 4.78 is 11.8. The van der Waals surface area contributed by atoms with Gasteiger partial charge in [-0.05, 0) is 24.5 Å².